The predicted octanol–water partition coefficient (Wildman–Crippen LogP) is -0.574. The minimum Gasteiger partial charge on any atom is -0.465 e. The Morgan fingerprint density at radius 2 is 1.31 bits per heavy atom. The molecule has 0 saturated heterocycles. The number of thioether (sulfide) groups is 1. The normalized spacial score (nSPS) is 12.1. The molecule has 0 aliphatic carbocycles. The van der Waals surface area contributed by atoms with Crippen LogP contribution in [0.2, 0.25) is 0 Å². The van der Waals surface area contributed by atoms with E-state index in [0.29, 0.717) is 12.3 Å². The van der Waals surface area contributed by atoms with E-state index in [9.17, 15) is 19.5 Å². The van der Waals surface area contributed by atoms with Gasteiger partial charge in [-0.2, -0.15) is 0 Å². The van der Waals surface area contributed by atoms with Crippen LogP contribution in [0.1, 0.15) is 12.8 Å². The monoisotopic (exact) mass is 482 g/mol. The highest BCUT2D eigenvalue weighted by molar-refractivity contribution is 8.13. The van der Waals surface area contributed by atoms with Crippen molar-refractivity contribution < 1.29 is 43.9 Å². The van der Waals surface area contributed by atoms with Crippen molar-refractivity contribution in [1.82, 2.24) is 9.80 Å². The molecule has 1 atom stereocenters. The Labute approximate surface area is 194 Å². The largest absolute Gasteiger partial charge is 0.465 e. The van der Waals surface area contributed by atoms with Gasteiger partial charge in [-0.3, -0.25) is 14.4 Å². The van der Waals surface area contributed by atoms with Crippen molar-refractivity contribution in [1.29, 1.82) is 0 Å². The number of aliphatic hydroxyl groups excluding tert-OH is 3. The van der Waals surface area contributed by atoms with E-state index in [1.807, 2.05) is 19.0 Å². The van der Waals surface area contributed by atoms with Gasteiger partial charge in [-0.15, -0.1) is 0 Å². The second-order valence-corrected chi connectivity index (χ2v) is 8.55. The molecule has 0 aromatic carbocycles. The van der Waals surface area contributed by atoms with Crippen molar-refractivity contribution in [3.05, 3.63) is 0 Å². The summed E-state index contributed by atoms with van der Waals surface area (Å²) >= 11 is 1.10. The van der Waals surface area contributed by atoms with Gasteiger partial charge in [-0.05, 0) is 14.1 Å². The molecule has 0 radical (unpaired) electrons. The van der Waals surface area contributed by atoms with Gasteiger partial charge in [0, 0.05) is 44.3 Å². The molecule has 188 valence electrons. The van der Waals surface area contributed by atoms with Crippen LogP contribution in [0, 0.1) is 11.8 Å². The first kappa shape index (κ1) is 30.6. The molecule has 0 bridgehead atoms. The zero-order chi connectivity index (χ0) is 24.4. The van der Waals surface area contributed by atoms with Crippen LogP contribution >= 0.6 is 11.8 Å². The van der Waals surface area contributed by atoms with E-state index in [1.54, 1.807) is 0 Å². The number of carbonyl (C=O) groups excluding carboxylic acids is 3. The average molecular weight is 483 g/mol. The molecule has 0 heterocycles. The summed E-state index contributed by atoms with van der Waals surface area (Å²) in [7, 11) is 5.27. The number of rotatable bonds is 18. The van der Waals surface area contributed by atoms with Gasteiger partial charge in [0.25, 0.3) is 5.24 Å². The van der Waals surface area contributed by atoms with Crippen LogP contribution < -0.4 is 0 Å². The highest BCUT2D eigenvalue weighted by atomic mass is 32.2. The van der Waals surface area contributed by atoms with E-state index in [-0.39, 0.29) is 76.7 Å². The minimum absolute atomic E-state index is 0.0118. The van der Waals surface area contributed by atoms with Crippen molar-refractivity contribution in [2.45, 2.75) is 12.8 Å². The fraction of sp³-hybridized carbons (Fsp3) is 0.850. The molecule has 0 aliphatic rings. The number of nitrogens with zero attached hydrogens (tertiary/aromatic N) is 2. The summed E-state index contributed by atoms with van der Waals surface area (Å²) in [6, 6.07) is 0. The number of hydrogen-bond acceptors (Lipinski definition) is 11. The molecule has 1 unspecified atom stereocenters. The fourth-order valence-electron chi connectivity index (χ4n) is 2.27. The molecule has 1 amide bonds. The van der Waals surface area contributed by atoms with Crippen LogP contribution in [0.4, 0.5) is 4.79 Å². The summed E-state index contributed by atoms with van der Waals surface area (Å²) in [6.45, 7) is 0.197. The van der Waals surface area contributed by atoms with Crippen LogP contribution in [0.25, 0.3) is 0 Å². The summed E-state index contributed by atoms with van der Waals surface area (Å²) < 4.78 is 15.1. The third-order valence-electron chi connectivity index (χ3n) is 4.33. The van der Waals surface area contributed by atoms with Gasteiger partial charge in [0.1, 0.15) is 0 Å². The van der Waals surface area contributed by atoms with Crippen LogP contribution in [-0.4, -0.2) is 129 Å². The molecule has 0 saturated carbocycles. The summed E-state index contributed by atoms with van der Waals surface area (Å²) in [4.78, 5) is 39.9. The first-order valence-electron chi connectivity index (χ1n) is 10.5. The zero-order valence-corrected chi connectivity index (χ0v) is 20.1. The third-order valence-corrected chi connectivity index (χ3v) is 5.22. The molecule has 0 aromatic rings. The number of esters is 2. The maximum absolute atomic E-state index is 12.6. The van der Waals surface area contributed by atoms with Crippen LogP contribution in [-0.2, 0) is 23.8 Å². The SMILES string of the molecule is COCC(CO)COC(=O)CCN(CCC(=O)OCC(CO)CO)C(=O)SCCN(C)C. The molecule has 12 heteroatoms. The van der Waals surface area contributed by atoms with E-state index in [0.717, 1.165) is 11.8 Å². The Bertz CT molecular complexity index is 533. The molecule has 0 rings (SSSR count). The summed E-state index contributed by atoms with van der Waals surface area (Å²) in [5, 5.41) is 27.0. The Morgan fingerprint density at radius 3 is 1.75 bits per heavy atom. The second-order valence-electron chi connectivity index (χ2n) is 7.51. The molecule has 0 spiro atoms. The maximum Gasteiger partial charge on any atom is 0.307 e. The number of methoxy groups -OCH3 is 1. The summed E-state index contributed by atoms with van der Waals surface area (Å²) in [5.74, 6) is -1.40. The highest BCUT2D eigenvalue weighted by Gasteiger charge is 2.19. The molecule has 0 aromatic heterocycles. The number of aliphatic hydroxyl groups is 3. The van der Waals surface area contributed by atoms with Crippen LogP contribution in [0.5, 0.6) is 0 Å². The standard InChI is InChI=1S/C20H38N2O9S/c1-21(2)8-9-32-20(28)22(6-4-18(26)30-14-16(10-23)11-24)7-5-19(27)31-15-17(12-25)13-29-3/h16-17,23-25H,4-15H2,1-3H3. The van der Waals surface area contributed by atoms with E-state index in [2.05, 4.69) is 0 Å². The Morgan fingerprint density at radius 1 is 0.812 bits per heavy atom. The number of carbonyl (C=O) groups is 3. The molecular formula is C20H38N2O9S. The fourth-order valence-corrected chi connectivity index (χ4v) is 3.27. The molecular weight excluding hydrogens is 444 g/mol. The van der Waals surface area contributed by atoms with Gasteiger partial charge in [0.05, 0.1) is 52.5 Å². The topological polar surface area (TPSA) is 146 Å². The molecule has 32 heavy (non-hydrogen) atoms. The lowest BCUT2D eigenvalue weighted by molar-refractivity contribution is -0.146. The molecule has 3 N–H and O–H groups in total. The van der Waals surface area contributed by atoms with Crippen molar-refractivity contribution in [3.8, 4) is 0 Å². The van der Waals surface area contributed by atoms with E-state index >= 15 is 0 Å². The first-order valence-corrected chi connectivity index (χ1v) is 11.4. The van der Waals surface area contributed by atoms with Gasteiger partial charge in [-0.25, -0.2) is 0 Å². The van der Waals surface area contributed by atoms with Gasteiger partial charge in [0.2, 0.25) is 0 Å². The Hall–Kier alpha value is -1.44. The first-order chi connectivity index (χ1) is 15.3. The third kappa shape index (κ3) is 15.4. The molecule has 11 nitrogen and oxygen atoms in total. The lowest BCUT2D eigenvalue weighted by Crippen LogP contribution is -2.34. The van der Waals surface area contributed by atoms with Crippen molar-refractivity contribution in [3.63, 3.8) is 0 Å². The number of ether oxygens (including phenoxy) is 3. The van der Waals surface area contributed by atoms with Crippen molar-refractivity contribution >= 4 is 28.9 Å². The van der Waals surface area contributed by atoms with Crippen molar-refractivity contribution in [2.24, 2.45) is 11.8 Å². The summed E-state index contributed by atoms with van der Waals surface area (Å²) in [5.41, 5.74) is 0. The Balaban J connectivity index is 4.67. The lowest BCUT2D eigenvalue weighted by Gasteiger charge is -2.22. The van der Waals surface area contributed by atoms with E-state index in [1.165, 1.54) is 12.0 Å². The predicted molar refractivity (Wildman–Crippen MR) is 119 cm³/mol. The average Bonchev–Trinajstić information content (AvgIpc) is 2.76. The number of hydrogen-bond donors (Lipinski definition) is 3. The minimum atomic E-state index is -0.569. The smallest absolute Gasteiger partial charge is 0.307 e. The molecule has 0 aliphatic heterocycles. The molecule has 0 fully saturated rings. The summed E-state index contributed by atoms with van der Waals surface area (Å²) in [6.07, 6.45) is -0.143. The van der Waals surface area contributed by atoms with E-state index in [4.69, 9.17) is 24.4 Å². The van der Waals surface area contributed by atoms with Crippen LogP contribution in [0.3, 0.4) is 0 Å². The van der Waals surface area contributed by atoms with Gasteiger partial charge >= 0.3 is 11.9 Å². The van der Waals surface area contributed by atoms with Gasteiger partial charge in [-0.1, -0.05) is 11.8 Å². The zero-order valence-electron chi connectivity index (χ0n) is 19.2. The maximum atomic E-state index is 12.6. The van der Waals surface area contributed by atoms with Gasteiger partial charge < -0.3 is 39.3 Å². The second kappa shape index (κ2) is 19.1. The quantitative estimate of drug-likeness (QED) is 0.216. The van der Waals surface area contributed by atoms with E-state index < -0.39 is 17.9 Å². The van der Waals surface area contributed by atoms with Gasteiger partial charge in [0.15, 0.2) is 0 Å². The van der Waals surface area contributed by atoms with Crippen LogP contribution in [0.15, 0.2) is 0 Å². The lowest BCUT2D eigenvalue weighted by atomic mass is 10.2. The number of amides is 1. The van der Waals surface area contributed by atoms with Crippen molar-refractivity contribution in [2.75, 3.05) is 86.2 Å². The Kier molecular flexibility index (Phi) is 18.2. The highest BCUT2D eigenvalue weighted by Crippen LogP contribution is 2.11.